The molecule has 6 rings (SSSR count). The number of piperidine rings is 1. The van der Waals surface area contributed by atoms with Gasteiger partial charge in [0.1, 0.15) is 18.1 Å². The first kappa shape index (κ1) is 36.8. The van der Waals surface area contributed by atoms with Crippen LogP contribution in [0.15, 0.2) is 97.1 Å². The van der Waals surface area contributed by atoms with Crippen molar-refractivity contribution in [2.24, 2.45) is 0 Å². The Balaban J connectivity index is 0.847. The topological polar surface area (TPSA) is 109 Å². The average Bonchev–Trinajstić information content (AvgIpc) is 3.58. The lowest BCUT2D eigenvalue weighted by Crippen LogP contribution is -2.50. The lowest BCUT2D eigenvalue weighted by atomic mass is 9.88. The quantitative estimate of drug-likeness (QED) is 0.0568. The van der Waals surface area contributed by atoms with Crippen molar-refractivity contribution in [2.45, 2.75) is 58.2 Å². The average molecular weight is 704 g/mol. The van der Waals surface area contributed by atoms with Crippen LogP contribution in [0.5, 0.6) is 11.5 Å². The van der Waals surface area contributed by atoms with Crippen LogP contribution in [0.2, 0.25) is 0 Å². The van der Waals surface area contributed by atoms with Crippen molar-refractivity contribution in [2.75, 3.05) is 44.9 Å². The van der Waals surface area contributed by atoms with Crippen LogP contribution in [-0.4, -0.2) is 67.4 Å². The summed E-state index contributed by atoms with van der Waals surface area (Å²) in [5.41, 5.74) is 9.25. The zero-order valence-corrected chi connectivity index (χ0v) is 29.9. The summed E-state index contributed by atoms with van der Waals surface area (Å²) in [6.07, 6.45) is 3.57. The molecule has 2 heterocycles. The molecule has 52 heavy (non-hydrogen) atoms. The standard InChI is InChI=1S/C43H49N3O6/c1-2-39(31-8-4-3-5-9-31)42(32-11-16-37(47)17-12-32)33-13-18-38(19-14-33)52-27-26-51-25-7-24-50-23-6-22-44-36-15-10-34-29-46(30-35(34)28-36)40-20-21-41(48)45-43(40)49/h3-5,8-19,28,40,44,47H,2,6-7,20-27,29-30H2,1H3,(H,45,48,49). The van der Waals surface area contributed by atoms with E-state index in [4.69, 9.17) is 14.2 Å². The highest BCUT2D eigenvalue weighted by Gasteiger charge is 2.34. The molecule has 1 fully saturated rings. The van der Waals surface area contributed by atoms with Crippen molar-refractivity contribution in [1.82, 2.24) is 10.2 Å². The second-order valence-electron chi connectivity index (χ2n) is 13.2. The van der Waals surface area contributed by atoms with Crippen molar-refractivity contribution >= 4 is 28.6 Å². The fraction of sp³-hybridized carbons (Fsp3) is 0.349. The van der Waals surface area contributed by atoms with Gasteiger partial charge in [0, 0.05) is 51.6 Å². The molecular formula is C43H49N3O6. The van der Waals surface area contributed by atoms with Crippen LogP contribution in [0.4, 0.5) is 5.69 Å². The molecule has 0 aromatic heterocycles. The highest BCUT2D eigenvalue weighted by molar-refractivity contribution is 6.00. The summed E-state index contributed by atoms with van der Waals surface area (Å²) in [6, 6.07) is 32.2. The summed E-state index contributed by atoms with van der Waals surface area (Å²) in [7, 11) is 0. The third-order valence-corrected chi connectivity index (χ3v) is 9.55. The molecule has 4 aromatic rings. The first-order valence-electron chi connectivity index (χ1n) is 18.4. The Morgan fingerprint density at radius 3 is 2.21 bits per heavy atom. The Labute approximate surface area is 306 Å². The zero-order chi connectivity index (χ0) is 36.1. The van der Waals surface area contributed by atoms with Gasteiger partial charge in [-0.15, -0.1) is 0 Å². The Kier molecular flexibility index (Phi) is 13.1. The lowest BCUT2D eigenvalue weighted by molar-refractivity contribution is -0.137. The molecule has 3 N–H and O–H groups in total. The molecule has 9 nitrogen and oxygen atoms in total. The van der Waals surface area contributed by atoms with E-state index < -0.39 is 0 Å². The highest BCUT2D eigenvalue weighted by atomic mass is 16.5. The highest BCUT2D eigenvalue weighted by Crippen LogP contribution is 2.35. The summed E-state index contributed by atoms with van der Waals surface area (Å²) in [6.45, 7) is 7.35. The Hall–Kier alpha value is -4.96. The molecule has 2 aliphatic rings. The fourth-order valence-corrected chi connectivity index (χ4v) is 6.90. The summed E-state index contributed by atoms with van der Waals surface area (Å²) in [4.78, 5) is 25.9. The van der Waals surface area contributed by atoms with Crippen LogP contribution in [0.1, 0.15) is 66.8 Å². The molecule has 2 aliphatic heterocycles. The minimum atomic E-state index is -0.239. The number of carbonyl (C=O) groups is 2. The Morgan fingerprint density at radius 1 is 0.788 bits per heavy atom. The van der Waals surface area contributed by atoms with E-state index in [0.29, 0.717) is 45.9 Å². The number of phenols is 1. The molecule has 0 aliphatic carbocycles. The SMILES string of the molecule is CCC(=C(c1ccc(O)cc1)c1ccc(OCCOCCCOCCCNc2ccc3c(c2)CN(C2CCC(=O)NC2=O)C3)cc1)c1ccccc1. The number of anilines is 1. The summed E-state index contributed by atoms with van der Waals surface area (Å²) in [5, 5.41) is 15.8. The maximum absolute atomic E-state index is 12.3. The maximum Gasteiger partial charge on any atom is 0.243 e. The molecule has 1 atom stereocenters. The number of aromatic hydroxyl groups is 1. The first-order valence-corrected chi connectivity index (χ1v) is 18.4. The number of phenolic OH excluding ortho intramolecular Hbond substituents is 1. The summed E-state index contributed by atoms with van der Waals surface area (Å²) in [5.74, 6) is 0.686. The minimum absolute atomic E-state index is 0.178. The van der Waals surface area contributed by atoms with Gasteiger partial charge in [-0.2, -0.15) is 0 Å². The van der Waals surface area contributed by atoms with E-state index in [9.17, 15) is 14.7 Å². The van der Waals surface area contributed by atoms with Gasteiger partial charge in [0.15, 0.2) is 0 Å². The van der Waals surface area contributed by atoms with Gasteiger partial charge in [0.2, 0.25) is 11.8 Å². The molecular weight excluding hydrogens is 654 g/mol. The Bertz CT molecular complexity index is 1810. The largest absolute Gasteiger partial charge is 0.508 e. The monoisotopic (exact) mass is 703 g/mol. The molecule has 0 saturated carbocycles. The van der Waals surface area contributed by atoms with Crippen LogP contribution in [0, 0.1) is 0 Å². The number of nitrogens with zero attached hydrogens (tertiary/aromatic N) is 1. The van der Waals surface area contributed by atoms with Crippen molar-refractivity contribution in [3.8, 4) is 11.5 Å². The number of carbonyl (C=O) groups excluding carboxylic acids is 2. The third kappa shape index (κ3) is 9.88. The first-order chi connectivity index (χ1) is 25.5. The van der Waals surface area contributed by atoms with Gasteiger partial charge in [-0.1, -0.05) is 67.6 Å². The number of benzene rings is 4. The second-order valence-corrected chi connectivity index (χ2v) is 13.2. The van der Waals surface area contributed by atoms with Crippen molar-refractivity contribution in [1.29, 1.82) is 0 Å². The molecule has 2 amide bonds. The van der Waals surface area contributed by atoms with Gasteiger partial charge in [-0.05, 0) is 101 Å². The maximum atomic E-state index is 12.3. The smallest absolute Gasteiger partial charge is 0.243 e. The fourth-order valence-electron chi connectivity index (χ4n) is 6.90. The number of imide groups is 1. The predicted octanol–water partition coefficient (Wildman–Crippen LogP) is 7.19. The van der Waals surface area contributed by atoms with Gasteiger partial charge in [-0.3, -0.25) is 19.8 Å². The normalized spacial score (nSPS) is 16.3. The zero-order valence-electron chi connectivity index (χ0n) is 29.9. The number of hydrogen-bond donors (Lipinski definition) is 3. The van der Waals surface area contributed by atoms with Gasteiger partial charge < -0.3 is 24.6 Å². The number of ether oxygens (including phenoxy) is 3. The number of rotatable bonds is 18. The van der Waals surface area contributed by atoms with E-state index in [1.165, 1.54) is 22.3 Å². The van der Waals surface area contributed by atoms with E-state index in [2.05, 4.69) is 77.1 Å². The molecule has 4 aromatic carbocycles. The number of fused-ring (bicyclic) bond motifs is 1. The third-order valence-electron chi connectivity index (χ3n) is 9.55. The van der Waals surface area contributed by atoms with Crippen LogP contribution < -0.4 is 15.4 Å². The number of amides is 2. The van der Waals surface area contributed by atoms with Gasteiger partial charge in [0.25, 0.3) is 0 Å². The van der Waals surface area contributed by atoms with Gasteiger partial charge in [0.05, 0.1) is 12.6 Å². The summed E-state index contributed by atoms with van der Waals surface area (Å²) >= 11 is 0. The van der Waals surface area contributed by atoms with Crippen LogP contribution >= 0.6 is 0 Å². The Morgan fingerprint density at radius 2 is 1.48 bits per heavy atom. The van der Waals surface area contributed by atoms with Gasteiger partial charge in [-0.25, -0.2) is 0 Å². The van der Waals surface area contributed by atoms with Crippen molar-refractivity contribution in [3.05, 3.63) is 125 Å². The van der Waals surface area contributed by atoms with Crippen LogP contribution in [0.3, 0.4) is 0 Å². The molecule has 0 spiro atoms. The number of allylic oxidation sites excluding steroid dienone is 1. The van der Waals surface area contributed by atoms with Crippen molar-refractivity contribution in [3.63, 3.8) is 0 Å². The molecule has 272 valence electrons. The van der Waals surface area contributed by atoms with E-state index >= 15 is 0 Å². The molecule has 0 bridgehead atoms. The minimum Gasteiger partial charge on any atom is -0.508 e. The second kappa shape index (κ2) is 18.5. The van der Waals surface area contributed by atoms with Crippen molar-refractivity contribution < 1.29 is 28.9 Å². The van der Waals surface area contributed by atoms with Crippen LogP contribution in [0.25, 0.3) is 11.1 Å². The molecule has 9 heteroatoms. The van der Waals surface area contributed by atoms with E-state index in [0.717, 1.165) is 67.0 Å². The number of nitrogens with one attached hydrogen (secondary N) is 2. The molecule has 0 radical (unpaired) electrons. The summed E-state index contributed by atoms with van der Waals surface area (Å²) < 4.78 is 17.5. The van der Waals surface area contributed by atoms with E-state index in [-0.39, 0.29) is 23.6 Å². The lowest BCUT2D eigenvalue weighted by Gasteiger charge is -2.29. The van der Waals surface area contributed by atoms with E-state index in [1.807, 2.05) is 30.3 Å². The van der Waals surface area contributed by atoms with Crippen LogP contribution in [-0.2, 0) is 32.2 Å². The van der Waals surface area contributed by atoms with E-state index in [1.54, 1.807) is 12.1 Å². The predicted molar refractivity (Wildman–Crippen MR) is 204 cm³/mol. The molecule has 1 unspecified atom stereocenters. The van der Waals surface area contributed by atoms with Gasteiger partial charge >= 0.3 is 0 Å². The number of hydrogen-bond acceptors (Lipinski definition) is 8. The molecule has 1 saturated heterocycles.